The van der Waals surface area contributed by atoms with E-state index in [0.717, 1.165) is 42.1 Å². The van der Waals surface area contributed by atoms with Crippen molar-refractivity contribution in [1.82, 2.24) is 4.90 Å². The van der Waals surface area contributed by atoms with Gasteiger partial charge in [-0.3, -0.25) is 9.59 Å². The van der Waals surface area contributed by atoms with Crippen LogP contribution in [0.5, 0.6) is 0 Å². The highest BCUT2D eigenvalue weighted by molar-refractivity contribution is 8.04. The summed E-state index contributed by atoms with van der Waals surface area (Å²) in [6.07, 6.45) is 3.48. The Morgan fingerprint density at radius 2 is 1.78 bits per heavy atom. The van der Waals surface area contributed by atoms with Crippen LogP contribution in [-0.4, -0.2) is 29.8 Å². The molecule has 0 saturated carbocycles. The molecule has 27 heavy (non-hydrogen) atoms. The summed E-state index contributed by atoms with van der Waals surface area (Å²) in [5.74, 6) is -0.614. The molecule has 2 amide bonds. The molecule has 2 aliphatic rings. The Kier molecular flexibility index (Phi) is 4.99. The summed E-state index contributed by atoms with van der Waals surface area (Å²) < 4.78 is 13.2. The number of anilines is 1. The summed E-state index contributed by atoms with van der Waals surface area (Å²) in [6, 6.07) is 13.8. The second kappa shape index (κ2) is 7.56. The summed E-state index contributed by atoms with van der Waals surface area (Å²) in [4.78, 5) is 30.4. The van der Waals surface area contributed by atoms with Crippen LogP contribution in [0.1, 0.15) is 18.4 Å². The fourth-order valence-electron chi connectivity index (χ4n) is 3.33. The maximum Gasteiger partial charge on any atom is 0.265 e. The van der Waals surface area contributed by atoms with Crippen molar-refractivity contribution in [2.75, 3.05) is 18.0 Å². The minimum absolute atomic E-state index is 0.107. The first-order valence-corrected chi connectivity index (χ1v) is 9.77. The summed E-state index contributed by atoms with van der Waals surface area (Å²) in [5.41, 5.74) is 1.64. The van der Waals surface area contributed by atoms with Gasteiger partial charge in [0, 0.05) is 24.1 Å². The average molecular weight is 382 g/mol. The number of amides is 2. The molecule has 6 heteroatoms. The lowest BCUT2D eigenvalue weighted by atomic mass is 10.1. The van der Waals surface area contributed by atoms with Gasteiger partial charge in [0.05, 0.1) is 17.1 Å². The van der Waals surface area contributed by atoms with E-state index in [2.05, 4.69) is 0 Å². The number of para-hydroxylation sites is 1. The molecular weight excluding hydrogens is 363 g/mol. The van der Waals surface area contributed by atoms with E-state index in [1.54, 1.807) is 21.9 Å². The van der Waals surface area contributed by atoms with E-state index in [4.69, 9.17) is 0 Å². The van der Waals surface area contributed by atoms with Crippen LogP contribution in [0.3, 0.4) is 0 Å². The third-order valence-corrected chi connectivity index (χ3v) is 5.84. The third kappa shape index (κ3) is 3.76. The van der Waals surface area contributed by atoms with Crippen LogP contribution in [0.25, 0.3) is 0 Å². The molecule has 138 valence electrons. The van der Waals surface area contributed by atoms with Gasteiger partial charge in [-0.05, 0) is 42.7 Å². The molecule has 2 aromatic rings. The summed E-state index contributed by atoms with van der Waals surface area (Å²) >= 11 is 1.33. The number of halogens is 1. The zero-order valence-corrected chi connectivity index (χ0v) is 15.5. The number of nitrogens with zero attached hydrogens (tertiary/aromatic N) is 2. The Hall–Kier alpha value is -2.60. The highest BCUT2D eigenvalue weighted by Gasteiger charge is 2.30. The summed E-state index contributed by atoms with van der Waals surface area (Å²) in [7, 11) is 0. The van der Waals surface area contributed by atoms with Crippen LogP contribution in [0.4, 0.5) is 10.1 Å². The van der Waals surface area contributed by atoms with Gasteiger partial charge in [0.2, 0.25) is 5.91 Å². The van der Waals surface area contributed by atoms with Gasteiger partial charge < -0.3 is 9.80 Å². The Bertz CT molecular complexity index is 905. The molecule has 0 aromatic heterocycles. The monoisotopic (exact) mass is 382 g/mol. The van der Waals surface area contributed by atoms with E-state index in [0.29, 0.717) is 11.4 Å². The smallest absolute Gasteiger partial charge is 0.265 e. The van der Waals surface area contributed by atoms with E-state index in [1.807, 2.05) is 24.3 Å². The van der Waals surface area contributed by atoms with Crippen molar-refractivity contribution in [3.05, 3.63) is 70.9 Å². The van der Waals surface area contributed by atoms with Crippen LogP contribution in [-0.2, 0) is 16.1 Å². The zero-order valence-electron chi connectivity index (χ0n) is 14.7. The lowest BCUT2D eigenvalue weighted by molar-refractivity contribution is -0.125. The van der Waals surface area contributed by atoms with Crippen molar-refractivity contribution in [3.63, 3.8) is 0 Å². The first kappa shape index (κ1) is 17.8. The van der Waals surface area contributed by atoms with Crippen LogP contribution in [0, 0.1) is 5.82 Å². The van der Waals surface area contributed by atoms with Gasteiger partial charge in [0.1, 0.15) is 5.82 Å². The van der Waals surface area contributed by atoms with Gasteiger partial charge in [-0.25, -0.2) is 4.39 Å². The maximum atomic E-state index is 13.2. The predicted octanol–water partition coefficient (Wildman–Crippen LogP) is 3.97. The van der Waals surface area contributed by atoms with Crippen LogP contribution in [0.2, 0.25) is 0 Å². The molecular formula is C21H19FN2O2S. The van der Waals surface area contributed by atoms with Crippen LogP contribution in [0.15, 0.2) is 64.4 Å². The highest BCUT2D eigenvalue weighted by Crippen LogP contribution is 2.42. The van der Waals surface area contributed by atoms with E-state index in [9.17, 15) is 14.0 Å². The molecule has 0 bridgehead atoms. The standard InChI is InChI=1S/C21H19FN2O2S/c22-16-9-7-15(8-10-16)14-24-17-5-1-2-6-18(17)27-19(21(24)26)13-20(25)23-11-3-4-12-23/h1-2,5-10,13H,3-4,11-12,14H2/b19-13-. The van der Waals surface area contributed by atoms with Crippen LogP contribution >= 0.6 is 11.8 Å². The number of benzene rings is 2. The van der Waals surface area contributed by atoms with E-state index >= 15 is 0 Å². The largest absolute Gasteiger partial charge is 0.339 e. The van der Waals surface area contributed by atoms with Gasteiger partial charge in [-0.15, -0.1) is 0 Å². The van der Waals surface area contributed by atoms with E-state index < -0.39 is 0 Å². The number of hydrogen-bond donors (Lipinski definition) is 0. The second-order valence-electron chi connectivity index (χ2n) is 6.63. The van der Waals surface area contributed by atoms with Crippen LogP contribution < -0.4 is 4.90 Å². The van der Waals surface area contributed by atoms with Crippen molar-refractivity contribution in [1.29, 1.82) is 0 Å². The zero-order chi connectivity index (χ0) is 18.8. The number of carbonyl (C=O) groups is 2. The Labute approximate surface area is 161 Å². The lowest BCUT2D eigenvalue weighted by Gasteiger charge is -2.30. The Balaban J connectivity index is 1.65. The number of thioether (sulfide) groups is 1. The van der Waals surface area contributed by atoms with E-state index in [1.165, 1.54) is 30.0 Å². The third-order valence-electron chi connectivity index (χ3n) is 4.76. The molecule has 0 atom stereocenters. The maximum absolute atomic E-state index is 13.2. The minimum atomic E-state index is -0.309. The fraction of sp³-hybridized carbons (Fsp3) is 0.238. The Morgan fingerprint density at radius 1 is 1.07 bits per heavy atom. The molecule has 2 aromatic carbocycles. The fourth-order valence-corrected chi connectivity index (χ4v) is 4.36. The molecule has 0 radical (unpaired) electrons. The van der Waals surface area contributed by atoms with Crippen molar-refractivity contribution in [3.8, 4) is 0 Å². The SMILES string of the molecule is O=C(/C=C1\Sc2ccccc2N(Cc2ccc(F)cc2)C1=O)N1CCCC1. The molecule has 4 rings (SSSR count). The minimum Gasteiger partial charge on any atom is -0.339 e. The quantitative estimate of drug-likeness (QED) is 0.754. The lowest BCUT2D eigenvalue weighted by Crippen LogP contribution is -2.35. The van der Waals surface area contributed by atoms with Gasteiger partial charge in [-0.1, -0.05) is 36.0 Å². The normalized spacial score (nSPS) is 18.1. The molecule has 2 heterocycles. The summed E-state index contributed by atoms with van der Waals surface area (Å²) in [6.45, 7) is 1.82. The summed E-state index contributed by atoms with van der Waals surface area (Å²) in [5, 5.41) is 0. The molecule has 1 saturated heterocycles. The van der Waals surface area contributed by atoms with Crippen molar-refractivity contribution < 1.29 is 14.0 Å². The number of hydrogen-bond acceptors (Lipinski definition) is 3. The molecule has 2 aliphatic heterocycles. The second-order valence-corrected chi connectivity index (χ2v) is 7.71. The van der Waals surface area contributed by atoms with Gasteiger partial charge in [0.15, 0.2) is 0 Å². The number of rotatable bonds is 3. The number of carbonyl (C=O) groups excluding carboxylic acids is 2. The molecule has 1 fully saturated rings. The Morgan fingerprint density at radius 3 is 2.52 bits per heavy atom. The van der Waals surface area contributed by atoms with Crippen molar-refractivity contribution in [2.24, 2.45) is 0 Å². The number of likely N-dealkylation sites (tertiary alicyclic amines) is 1. The van der Waals surface area contributed by atoms with Crippen molar-refractivity contribution >= 4 is 29.3 Å². The van der Waals surface area contributed by atoms with Crippen molar-refractivity contribution in [2.45, 2.75) is 24.3 Å². The number of fused-ring (bicyclic) bond motifs is 1. The van der Waals surface area contributed by atoms with Gasteiger partial charge in [0.25, 0.3) is 5.91 Å². The average Bonchev–Trinajstić information content (AvgIpc) is 3.21. The van der Waals surface area contributed by atoms with E-state index in [-0.39, 0.29) is 17.6 Å². The topological polar surface area (TPSA) is 40.6 Å². The first-order chi connectivity index (χ1) is 13.1. The van der Waals surface area contributed by atoms with Gasteiger partial charge in [-0.2, -0.15) is 0 Å². The molecule has 0 aliphatic carbocycles. The molecule has 0 unspecified atom stereocenters. The first-order valence-electron chi connectivity index (χ1n) is 8.95. The highest BCUT2D eigenvalue weighted by atomic mass is 32.2. The molecule has 4 nitrogen and oxygen atoms in total. The molecule has 0 spiro atoms. The molecule has 0 N–H and O–H groups in total. The predicted molar refractivity (Wildman–Crippen MR) is 104 cm³/mol. The van der Waals surface area contributed by atoms with Gasteiger partial charge >= 0.3 is 0 Å².